The zero-order valence-electron chi connectivity index (χ0n) is 8.34. The third-order valence-electron chi connectivity index (χ3n) is 2.50. The molecule has 0 aromatic heterocycles. The van der Waals surface area contributed by atoms with Crippen molar-refractivity contribution in [2.24, 2.45) is 5.41 Å². The summed E-state index contributed by atoms with van der Waals surface area (Å²) in [7, 11) is 0. The van der Waals surface area contributed by atoms with E-state index in [1.54, 1.807) is 0 Å². The lowest BCUT2D eigenvalue weighted by molar-refractivity contribution is 0.0498. The predicted molar refractivity (Wildman–Crippen MR) is 58.5 cm³/mol. The molecule has 3 heteroatoms. The normalized spacial score (nSPS) is 20.4. The van der Waals surface area contributed by atoms with Crippen LogP contribution in [0.25, 0.3) is 0 Å². The van der Waals surface area contributed by atoms with Gasteiger partial charge in [0.25, 0.3) is 0 Å². The number of nitrogens with one attached hydrogen (secondary N) is 1. The van der Waals surface area contributed by atoms with Gasteiger partial charge >= 0.3 is 0 Å². The molecule has 0 bridgehead atoms. The van der Waals surface area contributed by atoms with Crippen LogP contribution in [0, 0.1) is 5.41 Å². The van der Waals surface area contributed by atoms with E-state index in [2.05, 4.69) is 18.8 Å². The van der Waals surface area contributed by atoms with Crippen LogP contribution in [0.5, 0.6) is 0 Å². The molecule has 78 valence electrons. The molecule has 0 aromatic rings. The molecule has 0 aliphatic carbocycles. The van der Waals surface area contributed by atoms with Crippen LogP contribution in [0.15, 0.2) is 12.7 Å². The minimum absolute atomic E-state index is 0. The van der Waals surface area contributed by atoms with Crippen LogP contribution in [-0.4, -0.2) is 26.3 Å². The van der Waals surface area contributed by atoms with Crippen LogP contribution in [0.3, 0.4) is 0 Å². The van der Waals surface area contributed by atoms with E-state index in [1.165, 1.54) is 12.8 Å². The Morgan fingerprint density at radius 3 is 2.62 bits per heavy atom. The summed E-state index contributed by atoms with van der Waals surface area (Å²) >= 11 is 0. The van der Waals surface area contributed by atoms with E-state index in [0.29, 0.717) is 12.0 Å². The van der Waals surface area contributed by atoms with Gasteiger partial charge in [-0.15, -0.1) is 19.0 Å². The van der Waals surface area contributed by atoms with Crippen LogP contribution in [-0.2, 0) is 4.74 Å². The van der Waals surface area contributed by atoms with Gasteiger partial charge in [0, 0.05) is 0 Å². The second-order valence-corrected chi connectivity index (χ2v) is 3.86. The molecule has 1 aliphatic rings. The Kier molecular flexibility index (Phi) is 6.39. The van der Waals surface area contributed by atoms with Crippen molar-refractivity contribution in [3.8, 4) is 0 Å². The summed E-state index contributed by atoms with van der Waals surface area (Å²) in [6.45, 7) is 9.76. The maximum atomic E-state index is 5.48. The number of piperidine rings is 1. The molecule has 0 radical (unpaired) electrons. The third kappa shape index (κ3) is 4.65. The van der Waals surface area contributed by atoms with Gasteiger partial charge in [-0.1, -0.05) is 13.0 Å². The highest BCUT2D eigenvalue weighted by atomic mass is 35.5. The predicted octanol–water partition coefficient (Wildman–Crippen LogP) is 2.00. The molecule has 0 atom stereocenters. The van der Waals surface area contributed by atoms with Gasteiger partial charge in [0.05, 0.1) is 13.2 Å². The number of ether oxygens (including phenoxy) is 1. The van der Waals surface area contributed by atoms with Crippen molar-refractivity contribution in [2.75, 3.05) is 26.3 Å². The van der Waals surface area contributed by atoms with Gasteiger partial charge in [-0.3, -0.25) is 0 Å². The van der Waals surface area contributed by atoms with E-state index in [4.69, 9.17) is 4.74 Å². The van der Waals surface area contributed by atoms with Crippen molar-refractivity contribution >= 4 is 12.4 Å². The monoisotopic (exact) mass is 205 g/mol. The second kappa shape index (κ2) is 6.41. The highest BCUT2D eigenvalue weighted by Crippen LogP contribution is 2.27. The summed E-state index contributed by atoms with van der Waals surface area (Å²) in [5.74, 6) is 0. The first kappa shape index (κ1) is 12.9. The molecule has 13 heavy (non-hydrogen) atoms. The minimum Gasteiger partial charge on any atom is -0.377 e. The van der Waals surface area contributed by atoms with Crippen LogP contribution < -0.4 is 5.32 Å². The van der Waals surface area contributed by atoms with E-state index >= 15 is 0 Å². The molecule has 0 aromatic carbocycles. The molecule has 1 fully saturated rings. The van der Waals surface area contributed by atoms with E-state index in [-0.39, 0.29) is 12.4 Å². The molecule has 1 saturated heterocycles. The van der Waals surface area contributed by atoms with Crippen LogP contribution in [0.4, 0.5) is 0 Å². The van der Waals surface area contributed by atoms with E-state index in [9.17, 15) is 0 Å². The lowest BCUT2D eigenvalue weighted by Gasteiger charge is -2.33. The number of hydrogen-bond donors (Lipinski definition) is 1. The van der Waals surface area contributed by atoms with E-state index < -0.39 is 0 Å². The summed E-state index contributed by atoms with van der Waals surface area (Å²) < 4.78 is 5.48. The molecule has 1 N–H and O–H groups in total. The lowest BCUT2D eigenvalue weighted by atomic mass is 9.82. The van der Waals surface area contributed by atoms with Crippen molar-refractivity contribution in [1.29, 1.82) is 0 Å². The fraction of sp³-hybridized carbons (Fsp3) is 0.800. The molecule has 0 saturated carbocycles. The summed E-state index contributed by atoms with van der Waals surface area (Å²) in [5.41, 5.74) is 0.397. The standard InChI is InChI=1S/C10H19NO.ClH/c1-3-8-12-9-10(2)4-6-11-7-5-10;/h3,11H,1,4-9H2,2H3;1H. The SMILES string of the molecule is C=CCOCC1(C)CCNCC1.Cl. The van der Waals surface area contributed by atoms with E-state index in [1.807, 2.05) is 6.08 Å². The van der Waals surface area contributed by atoms with Gasteiger partial charge in [-0.05, 0) is 31.3 Å². The highest BCUT2D eigenvalue weighted by molar-refractivity contribution is 5.85. The largest absolute Gasteiger partial charge is 0.377 e. The van der Waals surface area contributed by atoms with Gasteiger partial charge in [-0.25, -0.2) is 0 Å². The van der Waals surface area contributed by atoms with Crippen LogP contribution >= 0.6 is 12.4 Å². The van der Waals surface area contributed by atoms with Gasteiger partial charge in [0.15, 0.2) is 0 Å². The zero-order chi connectivity index (χ0) is 8.86. The van der Waals surface area contributed by atoms with E-state index in [0.717, 1.165) is 19.7 Å². The maximum Gasteiger partial charge on any atom is 0.0645 e. The van der Waals surface area contributed by atoms with Gasteiger partial charge in [-0.2, -0.15) is 0 Å². The Morgan fingerprint density at radius 2 is 2.08 bits per heavy atom. The van der Waals surface area contributed by atoms with Crippen molar-refractivity contribution in [3.05, 3.63) is 12.7 Å². The highest BCUT2D eigenvalue weighted by Gasteiger charge is 2.26. The van der Waals surface area contributed by atoms with Crippen LogP contribution in [0.1, 0.15) is 19.8 Å². The van der Waals surface area contributed by atoms with Crippen molar-refractivity contribution in [2.45, 2.75) is 19.8 Å². The fourth-order valence-corrected chi connectivity index (χ4v) is 1.56. The zero-order valence-corrected chi connectivity index (χ0v) is 9.16. The first-order chi connectivity index (χ1) is 5.77. The van der Waals surface area contributed by atoms with Gasteiger partial charge < -0.3 is 10.1 Å². The number of halogens is 1. The molecular weight excluding hydrogens is 186 g/mol. The maximum absolute atomic E-state index is 5.48. The van der Waals surface area contributed by atoms with Crippen molar-refractivity contribution in [3.63, 3.8) is 0 Å². The second-order valence-electron chi connectivity index (χ2n) is 3.86. The molecule has 2 nitrogen and oxygen atoms in total. The summed E-state index contributed by atoms with van der Waals surface area (Å²) in [6, 6.07) is 0. The molecule has 1 rings (SSSR count). The van der Waals surface area contributed by atoms with Gasteiger partial charge in [0.1, 0.15) is 0 Å². The summed E-state index contributed by atoms with van der Waals surface area (Å²) in [6.07, 6.45) is 4.26. The lowest BCUT2D eigenvalue weighted by Crippen LogP contribution is -2.37. The average molecular weight is 206 g/mol. The van der Waals surface area contributed by atoms with Crippen LogP contribution in [0.2, 0.25) is 0 Å². The fourth-order valence-electron chi connectivity index (χ4n) is 1.56. The first-order valence-electron chi connectivity index (χ1n) is 4.66. The summed E-state index contributed by atoms with van der Waals surface area (Å²) in [5, 5.41) is 3.35. The number of hydrogen-bond acceptors (Lipinski definition) is 2. The summed E-state index contributed by atoms with van der Waals surface area (Å²) in [4.78, 5) is 0. The Hall–Kier alpha value is -0.0500. The molecular formula is C10H20ClNO. The number of rotatable bonds is 4. The topological polar surface area (TPSA) is 21.3 Å². The Morgan fingerprint density at radius 1 is 1.46 bits per heavy atom. The Balaban J connectivity index is 0.00000144. The quantitative estimate of drug-likeness (QED) is 0.560. The molecule has 0 spiro atoms. The molecule has 1 heterocycles. The Bertz CT molecular complexity index is 144. The van der Waals surface area contributed by atoms with Crippen molar-refractivity contribution < 1.29 is 4.74 Å². The molecule has 0 unspecified atom stereocenters. The average Bonchev–Trinajstić information content (AvgIpc) is 2.06. The molecule has 1 aliphatic heterocycles. The smallest absolute Gasteiger partial charge is 0.0645 e. The first-order valence-corrected chi connectivity index (χ1v) is 4.66. The van der Waals surface area contributed by atoms with Gasteiger partial charge in [0.2, 0.25) is 0 Å². The van der Waals surface area contributed by atoms with Crippen molar-refractivity contribution in [1.82, 2.24) is 5.32 Å². The Labute approximate surface area is 87.1 Å². The third-order valence-corrected chi connectivity index (χ3v) is 2.50. The minimum atomic E-state index is 0. The molecule has 0 amide bonds.